The second-order valence-electron chi connectivity index (χ2n) is 4.97. The molecule has 0 aliphatic carbocycles. The van der Waals surface area contributed by atoms with Crippen LogP contribution in [-0.2, 0) is 0 Å². The van der Waals surface area contributed by atoms with Crippen molar-refractivity contribution < 1.29 is 14.6 Å². The lowest BCUT2D eigenvalue weighted by molar-refractivity contribution is 0.134. The van der Waals surface area contributed by atoms with Crippen molar-refractivity contribution in [1.82, 2.24) is 0 Å². The largest absolute Gasteiger partial charge is 0.486 e. The van der Waals surface area contributed by atoms with Gasteiger partial charge in [0.15, 0.2) is 11.5 Å². The van der Waals surface area contributed by atoms with E-state index < -0.39 is 6.10 Å². The second kappa shape index (κ2) is 5.59. The van der Waals surface area contributed by atoms with Crippen LogP contribution in [0.2, 0.25) is 0 Å². The van der Waals surface area contributed by atoms with Gasteiger partial charge in [-0.05, 0) is 37.0 Å². The molecule has 1 aromatic rings. The summed E-state index contributed by atoms with van der Waals surface area (Å²) in [7, 11) is 0. The molecular formula is C14H21NO3. The van der Waals surface area contributed by atoms with E-state index >= 15 is 0 Å². The van der Waals surface area contributed by atoms with Gasteiger partial charge in [-0.3, -0.25) is 0 Å². The molecule has 0 saturated heterocycles. The molecule has 1 aromatic carbocycles. The highest BCUT2D eigenvalue weighted by Gasteiger charge is 2.18. The number of nitrogens with two attached hydrogens (primary N) is 1. The van der Waals surface area contributed by atoms with Gasteiger partial charge in [-0.2, -0.15) is 0 Å². The number of benzene rings is 1. The van der Waals surface area contributed by atoms with E-state index in [2.05, 4.69) is 6.92 Å². The summed E-state index contributed by atoms with van der Waals surface area (Å²) in [4.78, 5) is 0. The van der Waals surface area contributed by atoms with Crippen LogP contribution in [0.4, 0.5) is 0 Å². The molecule has 0 spiro atoms. The summed E-state index contributed by atoms with van der Waals surface area (Å²) in [5.41, 5.74) is 6.82. The lowest BCUT2D eigenvalue weighted by Crippen LogP contribution is -2.32. The molecule has 0 bridgehead atoms. The van der Waals surface area contributed by atoms with E-state index in [-0.39, 0.29) is 12.0 Å². The van der Waals surface area contributed by atoms with Crippen LogP contribution in [0, 0.1) is 0 Å². The third kappa shape index (κ3) is 2.94. The Morgan fingerprint density at radius 2 is 1.89 bits per heavy atom. The zero-order valence-corrected chi connectivity index (χ0v) is 10.9. The summed E-state index contributed by atoms with van der Waals surface area (Å²) < 4.78 is 11.0. The number of rotatable bonds is 4. The van der Waals surface area contributed by atoms with E-state index in [9.17, 15) is 5.11 Å². The Kier molecular flexibility index (Phi) is 4.09. The molecule has 2 rings (SSSR count). The highest BCUT2D eigenvalue weighted by Crippen LogP contribution is 2.34. The molecule has 0 radical (unpaired) electrons. The van der Waals surface area contributed by atoms with Crippen LogP contribution in [0.15, 0.2) is 18.2 Å². The van der Waals surface area contributed by atoms with E-state index in [0.717, 1.165) is 17.1 Å². The molecule has 3 unspecified atom stereocenters. The fraction of sp³-hybridized carbons (Fsp3) is 0.571. The molecule has 0 aromatic heterocycles. The van der Waals surface area contributed by atoms with E-state index in [1.54, 1.807) is 0 Å². The van der Waals surface area contributed by atoms with E-state index in [4.69, 9.17) is 15.2 Å². The minimum atomic E-state index is -0.479. The maximum Gasteiger partial charge on any atom is 0.161 e. The quantitative estimate of drug-likeness (QED) is 0.854. The zero-order chi connectivity index (χ0) is 13.1. The molecule has 3 N–H and O–H groups in total. The van der Waals surface area contributed by atoms with Crippen molar-refractivity contribution in [2.45, 2.75) is 38.3 Å². The number of ether oxygens (including phenoxy) is 2. The summed E-state index contributed by atoms with van der Waals surface area (Å²) in [5.74, 6) is 1.83. The van der Waals surface area contributed by atoms with Gasteiger partial charge in [0.1, 0.15) is 13.2 Å². The summed E-state index contributed by atoms with van der Waals surface area (Å²) in [5, 5.41) is 9.82. The Morgan fingerprint density at radius 3 is 2.56 bits per heavy atom. The summed E-state index contributed by atoms with van der Waals surface area (Å²) in [6.07, 6.45) is 0.172. The highest BCUT2D eigenvalue weighted by atomic mass is 16.6. The highest BCUT2D eigenvalue weighted by molar-refractivity contribution is 5.44. The fourth-order valence-corrected chi connectivity index (χ4v) is 2.08. The van der Waals surface area contributed by atoms with Gasteiger partial charge < -0.3 is 20.3 Å². The first-order chi connectivity index (χ1) is 8.58. The van der Waals surface area contributed by atoms with Gasteiger partial charge in [0.2, 0.25) is 0 Å². The Labute approximate surface area is 108 Å². The van der Waals surface area contributed by atoms with Crippen molar-refractivity contribution in [3.05, 3.63) is 23.8 Å². The molecule has 1 aliphatic heterocycles. The number of fused-ring (bicyclic) bond motifs is 1. The molecule has 100 valence electrons. The van der Waals surface area contributed by atoms with Crippen LogP contribution in [-0.4, -0.2) is 30.5 Å². The number of aliphatic hydroxyl groups excluding tert-OH is 1. The SMILES string of the molecule is CC(CC(O)C(C)N)c1ccc2c(c1)OCCO2. The van der Waals surface area contributed by atoms with Crippen LogP contribution in [0.3, 0.4) is 0 Å². The summed E-state index contributed by atoms with van der Waals surface area (Å²) >= 11 is 0. The van der Waals surface area contributed by atoms with E-state index in [0.29, 0.717) is 19.6 Å². The number of hydrogen-bond acceptors (Lipinski definition) is 4. The molecule has 0 amide bonds. The molecule has 3 atom stereocenters. The van der Waals surface area contributed by atoms with Gasteiger partial charge in [0.05, 0.1) is 6.10 Å². The van der Waals surface area contributed by atoms with Crippen LogP contribution in [0.5, 0.6) is 11.5 Å². The average molecular weight is 251 g/mol. The lowest BCUT2D eigenvalue weighted by Gasteiger charge is -2.22. The van der Waals surface area contributed by atoms with Crippen LogP contribution >= 0.6 is 0 Å². The van der Waals surface area contributed by atoms with Gasteiger partial charge in [0.25, 0.3) is 0 Å². The first kappa shape index (κ1) is 13.2. The van der Waals surface area contributed by atoms with Crippen LogP contribution < -0.4 is 15.2 Å². The third-order valence-corrected chi connectivity index (χ3v) is 3.34. The Bertz CT molecular complexity index is 406. The molecule has 4 nitrogen and oxygen atoms in total. The van der Waals surface area contributed by atoms with Gasteiger partial charge in [-0.1, -0.05) is 13.0 Å². The Balaban J connectivity index is 2.08. The molecule has 0 fully saturated rings. The molecule has 0 saturated carbocycles. The zero-order valence-electron chi connectivity index (χ0n) is 10.9. The van der Waals surface area contributed by atoms with Crippen LogP contribution in [0.1, 0.15) is 31.7 Å². The topological polar surface area (TPSA) is 64.7 Å². The van der Waals surface area contributed by atoms with Crippen molar-refractivity contribution >= 4 is 0 Å². The maximum absolute atomic E-state index is 9.82. The van der Waals surface area contributed by atoms with Gasteiger partial charge in [-0.25, -0.2) is 0 Å². The Morgan fingerprint density at radius 1 is 1.22 bits per heavy atom. The van der Waals surface area contributed by atoms with Gasteiger partial charge in [0, 0.05) is 6.04 Å². The molecular weight excluding hydrogens is 230 g/mol. The molecule has 18 heavy (non-hydrogen) atoms. The summed E-state index contributed by atoms with van der Waals surface area (Å²) in [6, 6.07) is 5.74. The normalized spacial score (nSPS) is 19.1. The summed E-state index contributed by atoms with van der Waals surface area (Å²) in [6.45, 7) is 5.09. The standard InChI is InChI=1S/C14H21NO3/c1-9(7-12(16)10(2)15)11-3-4-13-14(8-11)18-6-5-17-13/h3-4,8-10,12,16H,5-7,15H2,1-2H3. The van der Waals surface area contributed by atoms with Crippen molar-refractivity contribution in [1.29, 1.82) is 0 Å². The van der Waals surface area contributed by atoms with Crippen molar-refractivity contribution in [2.24, 2.45) is 5.73 Å². The minimum absolute atomic E-state index is 0.204. The van der Waals surface area contributed by atoms with E-state index in [1.165, 1.54) is 0 Å². The number of aliphatic hydroxyl groups is 1. The minimum Gasteiger partial charge on any atom is -0.486 e. The second-order valence-corrected chi connectivity index (χ2v) is 4.97. The van der Waals surface area contributed by atoms with Crippen molar-refractivity contribution in [3.8, 4) is 11.5 Å². The third-order valence-electron chi connectivity index (χ3n) is 3.34. The molecule has 1 heterocycles. The predicted molar refractivity (Wildman–Crippen MR) is 70.1 cm³/mol. The van der Waals surface area contributed by atoms with Gasteiger partial charge >= 0.3 is 0 Å². The van der Waals surface area contributed by atoms with Crippen LogP contribution in [0.25, 0.3) is 0 Å². The molecule has 4 heteroatoms. The lowest BCUT2D eigenvalue weighted by atomic mass is 9.92. The number of hydrogen-bond donors (Lipinski definition) is 2. The predicted octanol–water partition coefficient (Wildman–Crippen LogP) is 1.66. The fourth-order valence-electron chi connectivity index (χ4n) is 2.08. The Hall–Kier alpha value is -1.26. The van der Waals surface area contributed by atoms with E-state index in [1.807, 2.05) is 25.1 Å². The average Bonchev–Trinajstić information content (AvgIpc) is 2.37. The monoisotopic (exact) mass is 251 g/mol. The maximum atomic E-state index is 9.82. The van der Waals surface area contributed by atoms with Crippen molar-refractivity contribution in [2.75, 3.05) is 13.2 Å². The molecule has 1 aliphatic rings. The first-order valence-electron chi connectivity index (χ1n) is 6.41. The van der Waals surface area contributed by atoms with Gasteiger partial charge in [-0.15, -0.1) is 0 Å². The smallest absolute Gasteiger partial charge is 0.161 e. The van der Waals surface area contributed by atoms with Crippen molar-refractivity contribution in [3.63, 3.8) is 0 Å². The first-order valence-corrected chi connectivity index (χ1v) is 6.41.